The van der Waals surface area contributed by atoms with E-state index in [9.17, 15) is 5.26 Å². The van der Waals surface area contributed by atoms with E-state index in [0.29, 0.717) is 11.5 Å². The van der Waals surface area contributed by atoms with Crippen molar-refractivity contribution in [3.05, 3.63) is 18.2 Å². The monoisotopic (exact) mass is 260 g/mol. The van der Waals surface area contributed by atoms with Crippen LogP contribution in [-0.2, 0) is 0 Å². The molecule has 0 spiro atoms. The van der Waals surface area contributed by atoms with Crippen LogP contribution in [0.4, 0.5) is 5.69 Å². The molecule has 19 heavy (non-hydrogen) atoms. The summed E-state index contributed by atoms with van der Waals surface area (Å²) < 4.78 is 10.5. The Balaban J connectivity index is 2.12. The second kappa shape index (κ2) is 6.33. The Kier molecular flexibility index (Phi) is 4.51. The highest BCUT2D eigenvalue weighted by Crippen LogP contribution is 2.32. The first-order valence-electron chi connectivity index (χ1n) is 6.66. The van der Waals surface area contributed by atoms with Crippen LogP contribution in [0.15, 0.2) is 18.2 Å². The number of ether oxygens (including phenoxy) is 2. The highest BCUT2D eigenvalue weighted by molar-refractivity contribution is 5.55. The van der Waals surface area contributed by atoms with Gasteiger partial charge in [-0.15, -0.1) is 0 Å². The summed E-state index contributed by atoms with van der Waals surface area (Å²) in [7, 11) is 3.25. The number of nitriles is 1. The molecular weight excluding hydrogens is 240 g/mol. The Morgan fingerprint density at radius 3 is 2.58 bits per heavy atom. The summed E-state index contributed by atoms with van der Waals surface area (Å²) in [6.07, 6.45) is 4.37. The Labute approximate surface area is 114 Å². The number of nitrogens with one attached hydrogen (secondary N) is 1. The lowest BCUT2D eigenvalue weighted by Crippen LogP contribution is -2.31. The van der Waals surface area contributed by atoms with Crippen molar-refractivity contribution in [2.75, 3.05) is 19.5 Å². The Morgan fingerprint density at radius 2 is 1.89 bits per heavy atom. The zero-order valence-electron chi connectivity index (χ0n) is 11.5. The summed E-state index contributed by atoms with van der Waals surface area (Å²) in [6.45, 7) is 0. The quantitative estimate of drug-likeness (QED) is 0.903. The van der Waals surface area contributed by atoms with Crippen LogP contribution < -0.4 is 14.8 Å². The zero-order valence-corrected chi connectivity index (χ0v) is 11.5. The van der Waals surface area contributed by atoms with E-state index in [1.807, 2.05) is 18.2 Å². The van der Waals surface area contributed by atoms with Crippen molar-refractivity contribution in [2.45, 2.75) is 31.7 Å². The minimum absolute atomic E-state index is 0.0989. The van der Waals surface area contributed by atoms with Gasteiger partial charge in [-0.2, -0.15) is 5.26 Å². The maximum absolute atomic E-state index is 9.19. The van der Waals surface area contributed by atoms with Crippen molar-refractivity contribution in [1.29, 1.82) is 5.26 Å². The van der Waals surface area contributed by atoms with Crippen LogP contribution in [0.5, 0.6) is 11.5 Å². The van der Waals surface area contributed by atoms with Gasteiger partial charge >= 0.3 is 0 Å². The topological polar surface area (TPSA) is 54.3 Å². The lowest BCUT2D eigenvalue weighted by Gasteiger charge is -2.28. The van der Waals surface area contributed by atoms with Crippen molar-refractivity contribution < 1.29 is 9.47 Å². The number of rotatable bonds is 4. The van der Waals surface area contributed by atoms with Crippen molar-refractivity contribution in [3.63, 3.8) is 0 Å². The standard InChI is InChI=1S/C15H20N2O2/c1-18-14-8-7-12(9-15(14)19-2)17-13-6-4-3-5-11(13)10-16/h7-9,11,13,17H,3-6H2,1-2H3. The molecular formula is C15H20N2O2. The van der Waals surface area contributed by atoms with Gasteiger partial charge in [0.05, 0.1) is 26.2 Å². The van der Waals surface area contributed by atoms with Crippen LogP contribution in [0.1, 0.15) is 25.7 Å². The van der Waals surface area contributed by atoms with E-state index in [1.165, 1.54) is 6.42 Å². The average Bonchev–Trinajstić information content (AvgIpc) is 2.47. The van der Waals surface area contributed by atoms with Crippen molar-refractivity contribution in [2.24, 2.45) is 5.92 Å². The molecule has 1 fully saturated rings. The van der Waals surface area contributed by atoms with E-state index in [0.717, 1.165) is 24.9 Å². The fourth-order valence-corrected chi connectivity index (χ4v) is 2.60. The largest absolute Gasteiger partial charge is 0.493 e. The van der Waals surface area contributed by atoms with Gasteiger partial charge < -0.3 is 14.8 Å². The van der Waals surface area contributed by atoms with Gasteiger partial charge in [-0.3, -0.25) is 0 Å². The molecule has 1 aromatic carbocycles. The first-order chi connectivity index (χ1) is 9.28. The summed E-state index contributed by atoms with van der Waals surface area (Å²) in [4.78, 5) is 0. The van der Waals surface area contributed by atoms with Gasteiger partial charge in [-0.1, -0.05) is 12.8 Å². The second-order valence-electron chi connectivity index (χ2n) is 4.84. The van der Waals surface area contributed by atoms with E-state index in [4.69, 9.17) is 9.47 Å². The molecule has 1 aromatic rings. The normalized spacial score (nSPS) is 22.4. The number of nitrogens with zero attached hydrogens (tertiary/aromatic N) is 1. The predicted octanol–water partition coefficient (Wildman–Crippen LogP) is 3.20. The molecule has 2 atom stereocenters. The van der Waals surface area contributed by atoms with Crippen LogP contribution in [-0.4, -0.2) is 20.3 Å². The Morgan fingerprint density at radius 1 is 1.16 bits per heavy atom. The third kappa shape index (κ3) is 3.11. The van der Waals surface area contributed by atoms with Crippen LogP contribution in [0.25, 0.3) is 0 Å². The minimum atomic E-state index is 0.0989. The molecule has 0 bridgehead atoms. The molecule has 0 heterocycles. The zero-order chi connectivity index (χ0) is 13.7. The van der Waals surface area contributed by atoms with Crippen molar-refractivity contribution in [3.8, 4) is 17.6 Å². The van der Waals surface area contributed by atoms with Gasteiger partial charge in [0.15, 0.2) is 11.5 Å². The van der Waals surface area contributed by atoms with Gasteiger partial charge in [-0.25, -0.2) is 0 Å². The number of anilines is 1. The fourth-order valence-electron chi connectivity index (χ4n) is 2.60. The maximum atomic E-state index is 9.19. The SMILES string of the molecule is COc1ccc(NC2CCCCC2C#N)cc1OC. The fraction of sp³-hybridized carbons (Fsp3) is 0.533. The molecule has 0 aliphatic heterocycles. The third-order valence-electron chi connectivity index (χ3n) is 3.67. The summed E-state index contributed by atoms with van der Waals surface area (Å²) in [5.74, 6) is 1.52. The predicted molar refractivity (Wildman–Crippen MR) is 74.5 cm³/mol. The van der Waals surface area contributed by atoms with E-state index in [-0.39, 0.29) is 12.0 Å². The van der Waals surface area contributed by atoms with Crippen molar-refractivity contribution >= 4 is 5.69 Å². The smallest absolute Gasteiger partial charge is 0.162 e. The average molecular weight is 260 g/mol. The first kappa shape index (κ1) is 13.5. The molecule has 0 amide bonds. The van der Waals surface area contributed by atoms with Crippen molar-refractivity contribution in [1.82, 2.24) is 0 Å². The van der Waals surface area contributed by atoms with Gasteiger partial charge in [0.1, 0.15) is 0 Å². The highest BCUT2D eigenvalue weighted by Gasteiger charge is 2.24. The molecule has 1 N–H and O–H groups in total. The molecule has 1 aliphatic rings. The molecule has 4 heteroatoms. The summed E-state index contributed by atoms with van der Waals surface area (Å²) in [5, 5.41) is 12.6. The Hall–Kier alpha value is -1.89. The molecule has 2 rings (SSSR count). The molecule has 1 saturated carbocycles. The molecule has 102 valence electrons. The van der Waals surface area contributed by atoms with Crippen LogP contribution in [0, 0.1) is 17.2 Å². The summed E-state index contributed by atoms with van der Waals surface area (Å²) in [5.41, 5.74) is 0.977. The number of benzene rings is 1. The van der Waals surface area contributed by atoms with E-state index in [1.54, 1.807) is 14.2 Å². The lowest BCUT2D eigenvalue weighted by molar-refractivity contribution is 0.354. The first-order valence-corrected chi connectivity index (χ1v) is 6.66. The number of methoxy groups -OCH3 is 2. The summed E-state index contributed by atoms with van der Waals surface area (Å²) in [6, 6.07) is 8.40. The second-order valence-corrected chi connectivity index (χ2v) is 4.84. The number of hydrogen-bond donors (Lipinski definition) is 1. The molecule has 2 unspecified atom stereocenters. The van der Waals surface area contributed by atoms with Gasteiger partial charge in [0.25, 0.3) is 0 Å². The summed E-state index contributed by atoms with van der Waals surface area (Å²) >= 11 is 0. The van der Waals surface area contributed by atoms with E-state index >= 15 is 0 Å². The van der Waals surface area contributed by atoms with Gasteiger partial charge in [-0.05, 0) is 25.0 Å². The molecule has 1 aliphatic carbocycles. The van der Waals surface area contributed by atoms with Crippen LogP contribution in [0.3, 0.4) is 0 Å². The third-order valence-corrected chi connectivity index (χ3v) is 3.67. The molecule has 4 nitrogen and oxygen atoms in total. The maximum Gasteiger partial charge on any atom is 0.162 e. The number of hydrogen-bond acceptors (Lipinski definition) is 4. The van der Waals surface area contributed by atoms with E-state index in [2.05, 4.69) is 11.4 Å². The molecule has 0 aromatic heterocycles. The highest BCUT2D eigenvalue weighted by atomic mass is 16.5. The molecule has 0 radical (unpaired) electrons. The van der Waals surface area contributed by atoms with Crippen LogP contribution >= 0.6 is 0 Å². The molecule has 0 saturated heterocycles. The van der Waals surface area contributed by atoms with Crippen LogP contribution in [0.2, 0.25) is 0 Å². The van der Waals surface area contributed by atoms with Gasteiger partial charge in [0.2, 0.25) is 0 Å². The minimum Gasteiger partial charge on any atom is -0.493 e. The lowest BCUT2D eigenvalue weighted by atomic mass is 9.85. The van der Waals surface area contributed by atoms with Gasteiger partial charge in [0, 0.05) is 17.8 Å². The van der Waals surface area contributed by atoms with E-state index < -0.39 is 0 Å². The Bertz CT molecular complexity index is 468.